The molecule has 54 valence electrons. The summed E-state index contributed by atoms with van der Waals surface area (Å²) in [6.45, 7) is 0. The van der Waals surface area contributed by atoms with E-state index in [1.54, 1.807) is 0 Å². The Balaban J connectivity index is 2.54. The Bertz CT molecular complexity index is 96.4. The molecule has 4 nitrogen and oxygen atoms in total. The Kier molecular flexibility index (Phi) is 1.72. The van der Waals surface area contributed by atoms with E-state index < -0.39 is 24.4 Å². The van der Waals surface area contributed by atoms with E-state index in [4.69, 9.17) is 21.1 Å². The number of nitrogens with two attached hydrogens (primary N) is 1. The Hall–Kier alpha value is -0.160. The van der Waals surface area contributed by atoms with Gasteiger partial charge in [0.25, 0.3) is 0 Å². The van der Waals surface area contributed by atoms with Crippen LogP contribution in [-0.4, -0.2) is 39.7 Å². The van der Waals surface area contributed by atoms with E-state index in [0.717, 1.165) is 0 Å². The van der Waals surface area contributed by atoms with Gasteiger partial charge in [-0.1, -0.05) is 0 Å². The first-order valence-corrected chi connectivity index (χ1v) is 2.92. The lowest BCUT2D eigenvalue weighted by Gasteiger charge is -2.11. The highest BCUT2D eigenvalue weighted by atomic mass is 16.4. The zero-order valence-corrected chi connectivity index (χ0v) is 4.94. The van der Waals surface area contributed by atoms with Crippen molar-refractivity contribution in [1.29, 1.82) is 0 Å². The minimum Gasteiger partial charge on any atom is -0.390 e. The van der Waals surface area contributed by atoms with Gasteiger partial charge in [0.2, 0.25) is 0 Å². The molecule has 0 bridgehead atoms. The maximum atomic E-state index is 8.90. The van der Waals surface area contributed by atoms with Gasteiger partial charge in [0.1, 0.15) is 6.10 Å². The highest BCUT2D eigenvalue weighted by molar-refractivity contribution is 4.93. The fourth-order valence-corrected chi connectivity index (χ4v) is 1.04. The van der Waals surface area contributed by atoms with Crippen LogP contribution < -0.4 is 5.73 Å². The monoisotopic (exact) mass is 133 g/mol. The molecule has 0 aromatic rings. The summed E-state index contributed by atoms with van der Waals surface area (Å²) in [6.07, 6.45) is -2.59. The minimum absolute atomic E-state index is 0.280. The van der Waals surface area contributed by atoms with E-state index >= 15 is 0 Å². The molecule has 0 radical (unpaired) electrons. The van der Waals surface area contributed by atoms with Crippen LogP contribution in [0.3, 0.4) is 0 Å². The van der Waals surface area contributed by atoms with E-state index in [2.05, 4.69) is 0 Å². The first-order valence-electron chi connectivity index (χ1n) is 2.92. The quantitative estimate of drug-likeness (QED) is 0.302. The summed E-state index contributed by atoms with van der Waals surface area (Å²) in [4.78, 5) is 0. The molecule has 1 saturated carbocycles. The molecule has 0 unspecified atom stereocenters. The molecule has 4 atom stereocenters. The van der Waals surface area contributed by atoms with Crippen molar-refractivity contribution in [3.63, 3.8) is 0 Å². The number of rotatable bonds is 0. The smallest absolute Gasteiger partial charge is 0.107 e. The molecular formula is C5H11NO3. The molecule has 1 rings (SSSR count). The molecule has 0 aromatic heterocycles. The van der Waals surface area contributed by atoms with Gasteiger partial charge in [0.05, 0.1) is 12.2 Å². The number of aliphatic hydroxyl groups excluding tert-OH is 3. The third kappa shape index (κ3) is 1.07. The maximum Gasteiger partial charge on any atom is 0.107 e. The molecule has 0 saturated heterocycles. The predicted octanol–water partition coefficient (Wildman–Crippen LogP) is -2.20. The third-order valence-corrected chi connectivity index (χ3v) is 1.70. The summed E-state index contributed by atoms with van der Waals surface area (Å²) in [6, 6.07) is -0.477. The summed E-state index contributed by atoms with van der Waals surface area (Å²) in [5.74, 6) is 0. The van der Waals surface area contributed by atoms with Crippen LogP contribution in [0.15, 0.2) is 0 Å². The lowest BCUT2D eigenvalue weighted by atomic mass is 10.2. The van der Waals surface area contributed by atoms with Crippen molar-refractivity contribution in [3.05, 3.63) is 0 Å². The fourth-order valence-electron chi connectivity index (χ4n) is 1.04. The van der Waals surface area contributed by atoms with Crippen LogP contribution in [-0.2, 0) is 0 Å². The molecule has 0 heterocycles. The van der Waals surface area contributed by atoms with Gasteiger partial charge in [0, 0.05) is 6.04 Å². The van der Waals surface area contributed by atoms with E-state index in [-0.39, 0.29) is 6.42 Å². The Morgan fingerprint density at radius 1 is 1.11 bits per heavy atom. The van der Waals surface area contributed by atoms with Crippen molar-refractivity contribution >= 4 is 0 Å². The second-order valence-corrected chi connectivity index (χ2v) is 2.45. The zero-order chi connectivity index (χ0) is 7.02. The van der Waals surface area contributed by atoms with Gasteiger partial charge in [-0.3, -0.25) is 0 Å². The minimum atomic E-state index is -1.06. The van der Waals surface area contributed by atoms with Gasteiger partial charge in [-0.25, -0.2) is 0 Å². The molecule has 0 amide bonds. The molecule has 0 aromatic carbocycles. The summed E-state index contributed by atoms with van der Waals surface area (Å²) in [7, 11) is 0. The van der Waals surface area contributed by atoms with Crippen molar-refractivity contribution in [1.82, 2.24) is 0 Å². The Labute approximate surface area is 52.9 Å². The Morgan fingerprint density at radius 2 is 1.67 bits per heavy atom. The standard InChI is InChI=1S/C5H11NO3/c6-2-1-3(7)5(9)4(2)8/h2-5,7-9H,1,6H2/t2-,3+,4+,5-/m1/s1. The van der Waals surface area contributed by atoms with Gasteiger partial charge < -0.3 is 21.1 Å². The van der Waals surface area contributed by atoms with Crippen LogP contribution in [0.2, 0.25) is 0 Å². The van der Waals surface area contributed by atoms with Crippen LogP contribution >= 0.6 is 0 Å². The van der Waals surface area contributed by atoms with Crippen LogP contribution in [0.1, 0.15) is 6.42 Å². The van der Waals surface area contributed by atoms with E-state index in [0.29, 0.717) is 0 Å². The summed E-state index contributed by atoms with van der Waals surface area (Å²) in [5.41, 5.74) is 5.29. The second-order valence-electron chi connectivity index (χ2n) is 2.45. The number of aliphatic hydroxyl groups is 3. The lowest BCUT2D eigenvalue weighted by Crippen LogP contribution is -2.36. The van der Waals surface area contributed by atoms with Gasteiger partial charge in [-0.05, 0) is 6.42 Å². The van der Waals surface area contributed by atoms with Crippen molar-refractivity contribution in [3.8, 4) is 0 Å². The van der Waals surface area contributed by atoms with Crippen LogP contribution in [0.4, 0.5) is 0 Å². The van der Waals surface area contributed by atoms with Gasteiger partial charge in [-0.15, -0.1) is 0 Å². The van der Waals surface area contributed by atoms with E-state index in [9.17, 15) is 0 Å². The molecule has 1 aliphatic carbocycles. The average molecular weight is 133 g/mol. The number of hydrogen-bond donors (Lipinski definition) is 4. The lowest BCUT2D eigenvalue weighted by molar-refractivity contribution is -0.0205. The molecule has 1 aliphatic rings. The molecule has 4 heteroatoms. The van der Waals surface area contributed by atoms with Crippen molar-refractivity contribution < 1.29 is 15.3 Å². The van der Waals surface area contributed by atoms with E-state index in [1.165, 1.54) is 0 Å². The van der Waals surface area contributed by atoms with Gasteiger partial charge >= 0.3 is 0 Å². The van der Waals surface area contributed by atoms with Gasteiger partial charge in [-0.2, -0.15) is 0 Å². The summed E-state index contributed by atoms with van der Waals surface area (Å²) >= 11 is 0. The Morgan fingerprint density at radius 3 is 1.78 bits per heavy atom. The summed E-state index contributed by atoms with van der Waals surface area (Å²) < 4.78 is 0. The molecule has 0 spiro atoms. The SMILES string of the molecule is N[C@@H]1C[C@H](O)[C@@H](O)[C@H]1O. The zero-order valence-electron chi connectivity index (χ0n) is 4.94. The topological polar surface area (TPSA) is 86.7 Å². The van der Waals surface area contributed by atoms with Crippen LogP contribution in [0.5, 0.6) is 0 Å². The normalized spacial score (nSPS) is 52.0. The average Bonchev–Trinajstić information content (AvgIpc) is 1.98. The first kappa shape index (κ1) is 6.95. The number of hydrogen-bond acceptors (Lipinski definition) is 4. The van der Waals surface area contributed by atoms with Crippen molar-refractivity contribution in [2.75, 3.05) is 0 Å². The predicted molar refractivity (Wildman–Crippen MR) is 30.6 cm³/mol. The van der Waals surface area contributed by atoms with Crippen molar-refractivity contribution in [2.24, 2.45) is 5.73 Å². The van der Waals surface area contributed by atoms with Crippen molar-refractivity contribution in [2.45, 2.75) is 30.8 Å². The molecule has 0 aliphatic heterocycles. The highest BCUT2D eigenvalue weighted by Crippen LogP contribution is 2.18. The van der Waals surface area contributed by atoms with E-state index in [1.807, 2.05) is 0 Å². The highest BCUT2D eigenvalue weighted by Gasteiger charge is 2.38. The molecule has 9 heavy (non-hydrogen) atoms. The maximum absolute atomic E-state index is 8.90. The van der Waals surface area contributed by atoms with Gasteiger partial charge in [0.15, 0.2) is 0 Å². The van der Waals surface area contributed by atoms with Crippen LogP contribution in [0.25, 0.3) is 0 Å². The first-order chi connectivity index (χ1) is 4.13. The molecule has 5 N–H and O–H groups in total. The largest absolute Gasteiger partial charge is 0.390 e. The summed E-state index contributed by atoms with van der Waals surface area (Å²) in [5, 5.41) is 26.6. The second kappa shape index (κ2) is 2.22. The molecule has 1 fully saturated rings. The third-order valence-electron chi connectivity index (χ3n) is 1.70. The fraction of sp³-hybridized carbons (Fsp3) is 1.00. The molecular weight excluding hydrogens is 122 g/mol. The van der Waals surface area contributed by atoms with Crippen LogP contribution in [0, 0.1) is 0 Å².